The highest BCUT2D eigenvalue weighted by atomic mass is 32.2. The van der Waals surface area contributed by atoms with Crippen LogP contribution in [0.15, 0.2) is 51.9 Å². The van der Waals surface area contributed by atoms with E-state index >= 15 is 0 Å². The summed E-state index contributed by atoms with van der Waals surface area (Å²) < 4.78 is 5.30. The summed E-state index contributed by atoms with van der Waals surface area (Å²) >= 11 is 1.32. The third-order valence-electron chi connectivity index (χ3n) is 3.85. The molecular formula is C18H14N4O4S. The maximum atomic E-state index is 12.5. The van der Waals surface area contributed by atoms with Crippen molar-refractivity contribution in [1.29, 1.82) is 5.26 Å². The first-order valence-corrected chi connectivity index (χ1v) is 8.67. The summed E-state index contributed by atoms with van der Waals surface area (Å²) in [6.45, 7) is 1.12. The molecule has 1 aromatic carbocycles. The predicted molar refractivity (Wildman–Crippen MR) is 99.5 cm³/mol. The lowest BCUT2D eigenvalue weighted by Gasteiger charge is -2.14. The lowest BCUT2D eigenvalue weighted by Crippen LogP contribution is -2.19. The monoisotopic (exact) mass is 382 g/mol. The second-order valence-electron chi connectivity index (χ2n) is 5.66. The maximum Gasteiger partial charge on any atom is 0.406 e. The van der Waals surface area contributed by atoms with Crippen molar-refractivity contribution < 1.29 is 14.5 Å². The molecule has 0 saturated carbocycles. The molecule has 0 bridgehead atoms. The number of anilines is 1. The third kappa shape index (κ3) is 3.61. The number of carbonyl (C=O) groups excluding carboxylic acids is 1. The van der Waals surface area contributed by atoms with Gasteiger partial charge in [-0.1, -0.05) is 23.9 Å². The molecule has 1 aromatic heterocycles. The Morgan fingerprint density at radius 3 is 2.78 bits per heavy atom. The van der Waals surface area contributed by atoms with Crippen molar-refractivity contribution in [2.45, 2.75) is 11.8 Å². The van der Waals surface area contributed by atoms with Crippen molar-refractivity contribution in [3.63, 3.8) is 0 Å². The molecule has 27 heavy (non-hydrogen) atoms. The van der Waals surface area contributed by atoms with Gasteiger partial charge in [0.1, 0.15) is 22.4 Å². The minimum absolute atomic E-state index is 0.0542. The number of hydrogen-bond donors (Lipinski definition) is 0. The summed E-state index contributed by atoms with van der Waals surface area (Å²) in [5.41, 5.74) is 1.31. The summed E-state index contributed by atoms with van der Waals surface area (Å²) in [4.78, 5) is 29.5. The van der Waals surface area contributed by atoms with E-state index in [1.54, 1.807) is 24.9 Å². The second kappa shape index (κ2) is 7.47. The van der Waals surface area contributed by atoms with Crippen molar-refractivity contribution >= 4 is 29.1 Å². The number of hydrogen-bond acceptors (Lipinski definition) is 8. The van der Waals surface area contributed by atoms with E-state index in [0.717, 1.165) is 10.6 Å². The molecule has 0 amide bonds. The van der Waals surface area contributed by atoms with Gasteiger partial charge in [-0.2, -0.15) is 5.26 Å². The highest BCUT2D eigenvalue weighted by Crippen LogP contribution is 2.46. The standard InChI is InChI=1S/C18H14N4O4S/c1-11-7-8-15(17(20-11)22(24)25)26-10-14(23)12(9-19)18-21(2)13-5-3-4-6-16(13)27-18/h3-8H,10H2,1-2H3/b18-12+. The molecule has 0 fully saturated rings. The van der Waals surface area contributed by atoms with Gasteiger partial charge in [0.15, 0.2) is 6.61 Å². The van der Waals surface area contributed by atoms with Gasteiger partial charge < -0.3 is 19.8 Å². The molecule has 0 unspecified atom stereocenters. The summed E-state index contributed by atoms with van der Waals surface area (Å²) in [6, 6.07) is 12.4. The number of para-hydroxylation sites is 1. The van der Waals surface area contributed by atoms with Crippen LogP contribution in [-0.2, 0) is 4.79 Å². The van der Waals surface area contributed by atoms with Crippen LogP contribution >= 0.6 is 11.8 Å². The predicted octanol–water partition coefficient (Wildman–Crippen LogP) is 3.22. The Labute approximate surface area is 159 Å². The molecule has 1 aliphatic heterocycles. The molecule has 0 saturated heterocycles. The topological polar surface area (TPSA) is 109 Å². The zero-order valence-electron chi connectivity index (χ0n) is 14.5. The number of carbonyl (C=O) groups is 1. The molecule has 2 heterocycles. The van der Waals surface area contributed by atoms with Crippen molar-refractivity contribution in [3.05, 3.63) is 62.8 Å². The number of fused-ring (bicyclic) bond motifs is 1. The average Bonchev–Trinajstić information content (AvgIpc) is 2.98. The van der Waals surface area contributed by atoms with E-state index in [0.29, 0.717) is 10.7 Å². The quantitative estimate of drug-likeness (QED) is 0.335. The van der Waals surface area contributed by atoms with E-state index in [4.69, 9.17) is 4.74 Å². The number of nitro groups is 1. The molecule has 9 heteroatoms. The van der Waals surface area contributed by atoms with Gasteiger partial charge in [0.05, 0.1) is 5.69 Å². The van der Waals surface area contributed by atoms with E-state index in [1.807, 2.05) is 30.3 Å². The largest absolute Gasteiger partial charge is 0.477 e. The minimum Gasteiger partial charge on any atom is -0.477 e. The van der Waals surface area contributed by atoms with Gasteiger partial charge in [-0.05, 0) is 34.2 Å². The number of benzene rings is 1. The Bertz CT molecular complexity index is 1010. The fourth-order valence-corrected chi connectivity index (χ4v) is 3.70. The highest BCUT2D eigenvalue weighted by molar-refractivity contribution is 8.03. The van der Waals surface area contributed by atoms with Crippen LogP contribution in [0, 0.1) is 28.4 Å². The van der Waals surface area contributed by atoms with E-state index in [9.17, 15) is 20.2 Å². The molecule has 2 aromatic rings. The van der Waals surface area contributed by atoms with Crippen LogP contribution in [0.3, 0.4) is 0 Å². The molecule has 3 rings (SSSR count). The summed E-state index contributed by atoms with van der Waals surface area (Å²) in [5, 5.41) is 21.1. The van der Waals surface area contributed by atoms with Crippen molar-refractivity contribution in [2.75, 3.05) is 18.6 Å². The SMILES string of the molecule is Cc1ccc(OCC(=O)/C(C#N)=C2/Sc3ccccc3N2C)c([N+](=O)[O-])n1. The lowest BCUT2D eigenvalue weighted by atomic mass is 10.2. The Balaban J connectivity index is 1.82. The second-order valence-corrected chi connectivity index (χ2v) is 6.69. The van der Waals surface area contributed by atoms with E-state index in [-0.39, 0.29) is 11.3 Å². The molecule has 0 atom stereocenters. The lowest BCUT2D eigenvalue weighted by molar-refractivity contribution is -0.390. The summed E-state index contributed by atoms with van der Waals surface area (Å²) in [7, 11) is 1.77. The Hall–Kier alpha value is -3.38. The number of thioether (sulfide) groups is 1. The molecule has 0 N–H and O–H groups in total. The summed E-state index contributed by atoms with van der Waals surface area (Å²) in [6.07, 6.45) is 0. The Kier molecular flexibility index (Phi) is 5.09. The number of ketones is 1. The van der Waals surface area contributed by atoms with Crippen LogP contribution in [0.1, 0.15) is 5.69 Å². The summed E-state index contributed by atoms with van der Waals surface area (Å²) in [5.74, 6) is -1.14. The minimum atomic E-state index is -0.673. The number of rotatable bonds is 5. The van der Waals surface area contributed by atoms with Gasteiger partial charge in [-0.25, -0.2) is 0 Å². The number of aryl methyl sites for hydroxylation is 1. The highest BCUT2D eigenvalue weighted by Gasteiger charge is 2.28. The zero-order chi connectivity index (χ0) is 19.6. The van der Waals surface area contributed by atoms with Crippen LogP contribution in [0.5, 0.6) is 5.75 Å². The zero-order valence-corrected chi connectivity index (χ0v) is 15.3. The average molecular weight is 382 g/mol. The molecule has 1 aliphatic rings. The molecule has 136 valence electrons. The number of nitriles is 1. The smallest absolute Gasteiger partial charge is 0.406 e. The number of Topliss-reactive ketones (excluding diaryl/α,β-unsaturated/α-hetero) is 1. The first-order chi connectivity index (χ1) is 12.9. The fourth-order valence-electron chi connectivity index (χ4n) is 2.54. The molecular weight excluding hydrogens is 368 g/mol. The van der Waals surface area contributed by atoms with Gasteiger partial charge in [-0.15, -0.1) is 0 Å². The van der Waals surface area contributed by atoms with Crippen LogP contribution in [0.25, 0.3) is 0 Å². The van der Waals surface area contributed by atoms with Gasteiger partial charge in [-0.3, -0.25) is 4.79 Å². The van der Waals surface area contributed by atoms with Gasteiger partial charge in [0.25, 0.3) is 0 Å². The van der Waals surface area contributed by atoms with Crippen LogP contribution < -0.4 is 9.64 Å². The van der Waals surface area contributed by atoms with E-state index in [2.05, 4.69) is 4.98 Å². The fraction of sp³-hybridized carbons (Fsp3) is 0.167. The first-order valence-electron chi connectivity index (χ1n) is 7.85. The maximum absolute atomic E-state index is 12.5. The normalized spacial score (nSPS) is 14.3. The van der Waals surface area contributed by atoms with E-state index in [1.165, 1.54) is 17.8 Å². The Morgan fingerprint density at radius 1 is 1.37 bits per heavy atom. The van der Waals surface area contributed by atoms with Gasteiger partial charge in [0.2, 0.25) is 11.5 Å². The molecule has 0 radical (unpaired) electrons. The van der Waals surface area contributed by atoms with Crippen LogP contribution in [0.4, 0.5) is 11.5 Å². The number of pyridine rings is 1. The number of aromatic nitrogens is 1. The van der Waals surface area contributed by atoms with Crippen LogP contribution in [-0.4, -0.2) is 29.3 Å². The Morgan fingerprint density at radius 2 is 2.11 bits per heavy atom. The van der Waals surface area contributed by atoms with Crippen molar-refractivity contribution in [3.8, 4) is 11.8 Å². The van der Waals surface area contributed by atoms with E-state index < -0.39 is 23.1 Å². The molecule has 8 nitrogen and oxygen atoms in total. The molecule has 0 aliphatic carbocycles. The van der Waals surface area contributed by atoms with Crippen molar-refractivity contribution in [1.82, 2.24) is 4.98 Å². The number of nitrogens with zero attached hydrogens (tertiary/aromatic N) is 4. The van der Waals surface area contributed by atoms with Gasteiger partial charge >= 0.3 is 5.82 Å². The first kappa shape index (κ1) is 18.4. The van der Waals surface area contributed by atoms with Crippen LogP contribution in [0.2, 0.25) is 0 Å². The van der Waals surface area contributed by atoms with Gasteiger partial charge in [0, 0.05) is 18.9 Å². The third-order valence-corrected chi connectivity index (χ3v) is 5.09. The molecule has 0 spiro atoms. The number of ether oxygens (including phenoxy) is 1. The van der Waals surface area contributed by atoms with Crippen molar-refractivity contribution in [2.24, 2.45) is 0 Å².